The van der Waals surface area contributed by atoms with Gasteiger partial charge in [-0.2, -0.15) is 0 Å². The Labute approximate surface area is 206 Å². The van der Waals surface area contributed by atoms with E-state index in [9.17, 15) is 4.79 Å². The van der Waals surface area contributed by atoms with Crippen LogP contribution in [0.1, 0.15) is 21.5 Å². The minimum Gasteiger partial charge on any atom is -0.497 e. The van der Waals surface area contributed by atoms with Crippen LogP contribution in [0.5, 0.6) is 11.5 Å². The standard InChI is InChI=1S/C29H29N3O3/c1-34-27-9-5-6-23(18-27)21-32-29(33)25-14-15-31-28(19-25)24-12-10-22(11-13-24)20-30-16-17-35-26-7-3-2-4-8-26/h2-15,18-19,30H,16-17,20-21H2,1H3,(H,32,33). The van der Waals surface area contributed by atoms with Gasteiger partial charge in [0.25, 0.3) is 5.91 Å². The number of carbonyl (C=O) groups excluding carboxylic acids is 1. The van der Waals surface area contributed by atoms with E-state index >= 15 is 0 Å². The number of rotatable bonds is 11. The number of amides is 1. The number of hydrogen-bond donors (Lipinski definition) is 2. The maximum absolute atomic E-state index is 12.7. The number of pyridine rings is 1. The zero-order chi connectivity index (χ0) is 24.3. The summed E-state index contributed by atoms with van der Waals surface area (Å²) in [6.45, 7) is 2.54. The molecule has 3 aromatic carbocycles. The van der Waals surface area contributed by atoms with Crippen molar-refractivity contribution in [2.75, 3.05) is 20.3 Å². The Balaban J connectivity index is 1.27. The van der Waals surface area contributed by atoms with Crippen LogP contribution in [0.2, 0.25) is 0 Å². The monoisotopic (exact) mass is 467 g/mol. The molecule has 178 valence electrons. The van der Waals surface area contributed by atoms with Gasteiger partial charge in [-0.25, -0.2) is 0 Å². The van der Waals surface area contributed by atoms with E-state index in [2.05, 4.69) is 27.8 Å². The highest BCUT2D eigenvalue weighted by Crippen LogP contribution is 2.19. The largest absolute Gasteiger partial charge is 0.497 e. The first-order valence-corrected chi connectivity index (χ1v) is 11.6. The van der Waals surface area contributed by atoms with Crippen molar-refractivity contribution in [1.29, 1.82) is 0 Å². The van der Waals surface area contributed by atoms with Crippen LogP contribution in [0.25, 0.3) is 11.3 Å². The molecule has 0 aliphatic rings. The van der Waals surface area contributed by atoms with E-state index in [4.69, 9.17) is 9.47 Å². The number of hydrogen-bond acceptors (Lipinski definition) is 5. The zero-order valence-corrected chi connectivity index (χ0v) is 19.7. The van der Waals surface area contributed by atoms with Crippen molar-refractivity contribution < 1.29 is 14.3 Å². The van der Waals surface area contributed by atoms with Gasteiger partial charge in [0.1, 0.15) is 18.1 Å². The number of nitrogens with zero attached hydrogens (tertiary/aromatic N) is 1. The van der Waals surface area contributed by atoms with E-state index in [1.54, 1.807) is 19.4 Å². The van der Waals surface area contributed by atoms with Crippen LogP contribution in [-0.2, 0) is 13.1 Å². The van der Waals surface area contributed by atoms with Gasteiger partial charge >= 0.3 is 0 Å². The molecule has 0 saturated carbocycles. The molecule has 2 N–H and O–H groups in total. The maximum Gasteiger partial charge on any atom is 0.251 e. The molecule has 6 nitrogen and oxygen atoms in total. The van der Waals surface area contributed by atoms with E-state index in [1.165, 1.54) is 5.56 Å². The molecule has 6 heteroatoms. The van der Waals surface area contributed by atoms with Crippen LogP contribution < -0.4 is 20.1 Å². The van der Waals surface area contributed by atoms with Gasteiger partial charge < -0.3 is 20.1 Å². The summed E-state index contributed by atoms with van der Waals surface area (Å²) in [6, 6.07) is 29.2. The SMILES string of the molecule is COc1cccc(CNC(=O)c2ccnc(-c3ccc(CNCCOc4ccccc4)cc3)c2)c1. The number of benzene rings is 3. The third kappa shape index (κ3) is 7.16. The highest BCUT2D eigenvalue weighted by molar-refractivity contribution is 5.95. The molecule has 4 rings (SSSR count). The molecule has 0 aliphatic heterocycles. The molecule has 35 heavy (non-hydrogen) atoms. The lowest BCUT2D eigenvalue weighted by Crippen LogP contribution is -2.22. The Kier molecular flexibility index (Phi) is 8.46. The van der Waals surface area contributed by atoms with Crippen LogP contribution in [0.15, 0.2) is 97.2 Å². The Hall–Kier alpha value is -4.16. The molecule has 0 saturated heterocycles. The first kappa shape index (κ1) is 24.0. The van der Waals surface area contributed by atoms with Gasteiger partial charge in [0, 0.05) is 37.0 Å². The topological polar surface area (TPSA) is 72.5 Å². The molecule has 0 bridgehead atoms. The van der Waals surface area contributed by atoms with Crippen molar-refractivity contribution in [3.8, 4) is 22.8 Å². The summed E-state index contributed by atoms with van der Waals surface area (Å²) in [7, 11) is 1.63. The lowest BCUT2D eigenvalue weighted by atomic mass is 10.1. The Bertz CT molecular complexity index is 1230. The molecule has 4 aromatic rings. The van der Waals surface area contributed by atoms with Crippen LogP contribution in [-0.4, -0.2) is 31.2 Å². The average molecular weight is 468 g/mol. The highest BCUT2D eigenvalue weighted by atomic mass is 16.5. The third-order valence-corrected chi connectivity index (χ3v) is 5.48. The second kappa shape index (κ2) is 12.3. The molecule has 0 spiro atoms. The lowest BCUT2D eigenvalue weighted by molar-refractivity contribution is 0.0951. The molecular formula is C29H29N3O3. The highest BCUT2D eigenvalue weighted by Gasteiger charge is 2.09. The fraction of sp³-hybridized carbons (Fsp3) is 0.172. The van der Waals surface area contributed by atoms with Crippen LogP contribution >= 0.6 is 0 Å². The summed E-state index contributed by atoms with van der Waals surface area (Å²) in [6.07, 6.45) is 1.66. The molecule has 1 aromatic heterocycles. The molecule has 0 aliphatic carbocycles. The van der Waals surface area contributed by atoms with Gasteiger partial charge in [0.05, 0.1) is 12.8 Å². The first-order chi connectivity index (χ1) is 17.2. The van der Waals surface area contributed by atoms with Crippen molar-refractivity contribution >= 4 is 5.91 Å². The quantitative estimate of drug-likeness (QED) is 0.308. The van der Waals surface area contributed by atoms with E-state index in [1.807, 2.05) is 72.8 Å². The number of ether oxygens (including phenoxy) is 2. The van der Waals surface area contributed by atoms with Gasteiger partial charge in [-0.05, 0) is 47.5 Å². The summed E-state index contributed by atoms with van der Waals surface area (Å²) < 4.78 is 10.9. The van der Waals surface area contributed by atoms with Crippen molar-refractivity contribution in [1.82, 2.24) is 15.6 Å². The Morgan fingerprint density at radius 3 is 2.43 bits per heavy atom. The molecule has 1 heterocycles. The molecule has 0 atom stereocenters. The second-order valence-corrected chi connectivity index (χ2v) is 8.00. The van der Waals surface area contributed by atoms with Gasteiger partial charge in [-0.1, -0.05) is 54.6 Å². The van der Waals surface area contributed by atoms with E-state index in [0.717, 1.165) is 41.4 Å². The van der Waals surface area contributed by atoms with Crippen molar-refractivity contribution in [3.63, 3.8) is 0 Å². The molecule has 0 unspecified atom stereocenters. The number of methoxy groups -OCH3 is 1. The Morgan fingerprint density at radius 1 is 0.829 bits per heavy atom. The number of aromatic nitrogens is 1. The van der Waals surface area contributed by atoms with Crippen LogP contribution in [0.3, 0.4) is 0 Å². The molecule has 1 amide bonds. The zero-order valence-electron chi connectivity index (χ0n) is 19.7. The lowest BCUT2D eigenvalue weighted by Gasteiger charge is -2.09. The van der Waals surface area contributed by atoms with Crippen LogP contribution in [0.4, 0.5) is 0 Å². The molecule has 0 fully saturated rings. The smallest absolute Gasteiger partial charge is 0.251 e. The summed E-state index contributed by atoms with van der Waals surface area (Å²) in [5, 5.41) is 6.35. The number of nitrogens with one attached hydrogen (secondary N) is 2. The predicted molar refractivity (Wildman–Crippen MR) is 137 cm³/mol. The fourth-order valence-corrected chi connectivity index (χ4v) is 3.58. The number of para-hydroxylation sites is 1. The summed E-state index contributed by atoms with van der Waals surface area (Å²) in [4.78, 5) is 17.1. The second-order valence-electron chi connectivity index (χ2n) is 8.00. The van der Waals surface area contributed by atoms with Gasteiger partial charge in [-0.3, -0.25) is 9.78 Å². The summed E-state index contributed by atoms with van der Waals surface area (Å²) >= 11 is 0. The van der Waals surface area contributed by atoms with Crippen molar-refractivity contribution in [3.05, 3.63) is 114 Å². The van der Waals surface area contributed by atoms with Crippen LogP contribution in [0, 0.1) is 0 Å². The minimum atomic E-state index is -0.144. The van der Waals surface area contributed by atoms with E-state index in [-0.39, 0.29) is 5.91 Å². The summed E-state index contributed by atoms with van der Waals surface area (Å²) in [5.41, 5.74) is 4.43. The maximum atomic E-state index is 12.7. The molecule has 0 radical (unpaired) electrons. The van der Waals surface area contributed by atoms with Gasteiger partial charge in [0.15, 0.2) is 0 Å². The van der Waals surface area contributed by atoms with E-state index in [0.29, 0.717) is 18.7 Å². The third-order valence-electron chi connectivity index (χ3n) is 5.48. The van der Waals surface area contributed by atoms with Crippen molar-refractivity contribution in [2.45, 2.75) is 13.1 Å². The average Bonchev–Trinajstić information content (AvgIpc) is 2.92. The Morgan fingerprint density at radius 2 is 1.63 bits per heavy atom. The fourth-order valence-electron chi connectivity index (χ4n) is 3.58. The minimum absolute atomic E-state index is 0.144. The van der Waals surface area contributed by atoms with Gasteiger partial charge in [-0.15, -0.1) is 0 Å². The first-order valence-electron chi connectivity index (χ1n) is 11.6. The number of carbonyl (C=O) groups is 1. The normalized spacial score (nSPS) is 10.5. The summed E-state index contributed by atoms with van der Waals surface area (Å²) in [5.74, 6) is 1.50. The van der Waals surface area contributed by atoms with Crippen molar-refractivity contribution in [2.24, 2.45) is 0 Å². The van der Waals surface area contributed by atoms with E-state index < -0.39 is 0 Å². The molecular weight excluding hydrogens is 438 g/mol. The predicted octanol–water partition coefficient (Wildman–Crippen LogP) is 4.86. The van der Waals surface area contributed by atoms with Gasteiger partial charge in [0.2, 0.25) is 0 Å².